The fraction of sp³-hybridized carbons (Fsp3) is 0.556. The van der Waals surface area contributed by atoms with Gasteiger partial charge in [0.15, 0.2) is 11.9 Å². The first-order valence-corrected chi connectivity index (χ1v) is 8.85. The van der Waals surface area contributed by atoms with Gasteiger partial charge in [-0.1, -0.05) is 12.1 Å². The molecular formula is C18H22N2O5. The van der Waals surface area contributed by atoms with E-state index in [0.29, 0.717) is 31.9 Å². The predicted molar refractivity (Wildman–Crippen MR) is 90.1 cm³/mol. The Morgan fingerprint density at radius 3 is 2.80 bits per heavy atom. The van der Waals surface area contributed by atoms with E-state index >= 15 is 0 Å². The summed E-state index contributed by atoms with van der Waals surface area (Å²) in [6.07, 6.45) is 2.90. The number of carbonyl (C=O) groups is 1. The lowest BCUT2D eigenvalue weighted by atomic mass is 10.0. The van der Waals surface area contributed by atoms with Crippen molar-refractivity contribution in [2.24, 2.45) is 0 Å². The fourth-order valence-corrected chi connectivity index (χ4v) is 3.73. The van der Waals surface area contributed by atoms with Crippen molar-refractivity contribution in [2.75, 3.05) is 19.8 Å². The number of hydrogen-bond donors (Lipinski definition) is 0. The van der Waals surface area contributed by atoms with Crippen LogP contribution in [0.3, 0.4) is 0 Å². The first-order valence-electron chi connectivity index (χ1n) is 8.85. The highest BCUT2D eigenvalue weighted by atomic mass is 16.7. The lowest BCUT2D eigenvalue weighted by Gasteiger charge is -2.38. The zero-order valence-corrected chi connectivity index (χ0v) is 14.1. The van der Waals surface area contributed by atoms with Crippen molar-refractivity contribution < 1.29 is 18.7 Å². The van der Waals surface area contributed by atoms with Crippen LogP contribution in [0.1, 0.15) is 25.7 Å². The Morgan fingerprint density at radius 2 is 1.96 bits per heavy atom. The molecule has 0 aliphatic carbocycles. The van der Waals surface area contributed by atoms with Crippen molar-refractivity contribution in [2.45, 2.75) is 44.6 Å². The van der Waals surface area contributed by atoms with Crippen LogP contribution in [0.15, 0.2) is 33.5 Å². The number of para-hydroxylation sites is 2. The number of fused-ring (bicyclic) bond motifs is 1. The maximum Gasteiger partial charge on any atom is 0.419 e. The Bertz CT molecular complexity index is 805. The van der Waals surface area contributed by atoms with Crippen LogP contribution < -0.4 is 5.76 Å². The summed E-state index contributed by atoms with van der Waals surface area (Å²) in [5, 5.41) is 0. The summed E-state index contributed by atoms with van der Waals surface area (Å²) in [7, 11) is 0. The third-order valence-electron chi connectivity index (χ3n) is 4.95. The predicted octanol–water partition coefficient (Wildman–Crippen LogP) is 1.74. The van der Waals surface area contributed by atoms with E-state index < -0.39 is 5.76 Å². The molecule has 0 radical (unpaired) electrons. The number of carbonyl (C=O) groups excluding carboxylic acids is 1. The number of rotatable bonds is 4. The zero-order valence-electron chi connectivity index (χ0n) is 14.1. The lowest BCUT2D eigenvalue weighted by Crippen LogP contribution is -2.50. The Labute approximate surface area is 145 Å². The van der Waals surface area contributed by atoms with Crippen LogP contribution in [0.2, 0.25) is 0 Å². The summed E-state index contributed by atoms with van der Waals surface area (Å²) in [6.45, 7) is 2.19. The van der Waals surface area contributed by atoms with Crippen molar-refractivity contribution in [3.8, 4) is 0 Å². The van der Waals surface area contributed by atoms with E-state index in [1.54, 1.807) is 6.07 Å². The summed E-state index contributed by atoms with van der Waals surface area (Å²) < 4.78 is 18.0. The van der Waals surface area contributed by atoms with E-state index in [4.69, 9.17) is 13.9 Å². The molecule has 3 heterocycles. The summed E-state index contributed by atoms with van der Waals surface area (Å²) in [4.78, 5) is 26.7. The molecule has 0 spiro atoms. The van der Waals surface area contributed by atoms with E-state index in [9.17, 15) is 9.59 Å². The van der Waals surface area contributed by atoms with Gasteiger partial charge in [0.1, 0.15) is 0 Å². The van der Waals surface area contributed by atoms with Gasteiger partial charge in [-0.05, 0) is 31.4 Å². The maximum atomic E-state index is 12.8. The number of amides is 1. The normalized spacial score (nSPS) is 21.9. The number of aromatic nitrogens is 1. The molecule has 2 aliphatic rings. The van der Waals surface area contributed by atoms with Gasteiger partial charge < -0.3 is 18.8 Å². The Morgan fingerprint density at radius 1 is 1.16 bits per heavy atom. The van der Waals surface area contributed by atoms with Crippen LogP contribution in [0.25, 0.3) is 11.1 Å². The molecule has 4 rings (SSSR count). The van der Waals surface area contributed by atoms with Crippen LogP contribution >= 0.6 is 0 Å². The third kappa shape index (κ3) is 3.21. The van der Waals surface area contributed by atoms with E-state index in [1.807, 2.05) is 23.1 Å². The molecular weight excluding hydrogens is 324 g/mol. The van der Waals surface area contributed by atoms with Gasteiger partial charge in [0.05, 0.1) is 24.8 Å². The quantitative estimate of drug-likeness (QED) is 0.843. The SMILES string of the molecule is O=C(CCn1c(=O)oc2ccccc21)N1CCCCC1C1OCCO1. The molecule has 25 heavy (non-hydrogen) atoms. The van der Waals surface area contributed by atoms with Crippen LogP contribution in [0.5, 0.6) is 0 Å². The summed E-state index contributed by atoms with van der Waals surface area (Å²) in [5.74, 6) is -0.396. The summed E-state index contributed by atoms with van der Waals surface area (Å²) >= 11 is 0. The molecule has 1 aromatic heterocycles. The molecule has 2 fully saturated rings. The van der Waals surface area contributed by atoms with E-state index in [2.05, 4.69) is 0 Å². The van der Waals surface area contributed by atoms with Crippen LogP contribution in [-0.4, -0.2) is 47.5 Å². The first kappa shape index (κ1) is 16.4. The second-order valence-electron chi connectivity index (χ2n) is 6.50. The number of likely N-dealkylation sites (tertiary alicyclic amines) is 1. The molecule has 2 aliphatic heterocycles. The number of aryl methyl sites for hydroxylation is 1. The summed E-state index contributed by atoms with van der Waals surface area (Å²) in [6, 6.07) is 7.23. The van der Waals surface area contributed by atoms with Crippen molar-refractivity contribution in [1.29, 1.82) is 0 Å². The molecule has 0 bridgehead atoms. The molecule has 7 nitrogen and oxygen atoms in total. The molecule has 2 aromatic rings. The highest BCUT2D eigenvalue weighted by molar-refractivity contribution is 5.77. The molecule has 1 atom stereocenters. The monoisotopic (exact) mass is 346 g/mol. The minimum atomic E-state index is -0.424. The smallest absolute Gasteiger partial charge is 0.408 e. The van der Waals surface area contributed by atoms with Crippen LogP contribution in [0.4, 0.5) is 0 Å². The fourth-order valence-electron chi connectivity index (χ4n) is 3.73. The van der Waals surface area contributed by atoms with Crippen molar-refractivity contribution in [1.82, 2.24) is 9.47 Å². The third-order valence-corrected chi connectivity index (χ3v) is 4.95. The van der Waals surface area contributed by atoms with E-state index in [1.165, 1.54) is 4.57 Å². The molecule has 134 valence electrons. The summed E-state index contributed by atoms with van der Waals surface area (Å²) in [5.41, 5.74) is 1.27. The van der Waals surface area contributed by atoms with Gasteiger partial charge in [-0.3, -0.25) is 9.36 Å². The second-order valence-corrected chi connectivity index (χ2v) is 6.50. The highest BCUT2D eigenvalue weighted by Crippen LogP contribution is 2.25. The molecule has 2 saturated heterocycles. The standard InChI is InChI=1S/C18H22N2O5/c21-16(19-9-4-3-6-14(19)17-23-11-12-24-17)8-10-20-13-5-1-2-7-15(13)25-18(20)22/h1-2,5,7,14,17H,3-4,6,8-12H2. The highest BCUT2D eigenvalue weighted by Gasteiger charge is 2.36. The molecule has 7 heteroatoms. The molecule has 0 N–H and O–H groups in total. The van der Waals surface area contributed by atoms with Gasteiger partial charge in [0.25, 0.3) is 0 Å². The van der Waals surface area contributed by atoms with Crippen LogP contribution in [-0.2, 0) is 20.8 Å². The van der Waals surface area contributed by atoms with Gasteiger partial charge in [0.2, 0.25) is 5.91 Å². The zero-order chi connectivity index (χ0) is 17.2. The van der Waals surface area contributed by atoms with Gasteiger partial charge >= 0.3 is 5.76 Å². The Hall–Kier alpha value is -2.12. The Balaban J connectivity index is 1.47. The largest absolute Gasteiger partial charge is 0.419 e. The van der Waals surface area contributed by atoms with Gasteiger partial charge in [-0.25, -0.2) is 4.79 Å². The van der Waals surface area contributed by atoms with Crippen molar-refractivity contribution in [3.05, 3.63) is 34.8 Å². The van der Waals surface area contributed by atoms with Crippen molar-refractivity contribution in [3.63, 3.8) is 0 Å². The maximum absolute atomic E-state index is 12.8. The number of ether oxygens (including phenoxy) is 2. The first-order chi connectivity index (χ1) is 12.2. The van der Waals surface area contributed by atoms with Crippen LogP contribution in [0, 0.1) is 0 Å². The lowest BCUT2D eigenvalue weighted by molar-refractivity contribution is -0.150. The number of nitrogens with zero attached hydrogens (tertiary/aromatic N) is 2. The minimum Gasteiger partial charge on any atom is -0.408 e. The van der Waals surface area contributed by atoms with Gasteiger partial charge in [-0.15, -0.1) is 0 Å². The van der Waals surface area contributed by atoms with Gasteiger partial charge in [-0.2, -0.15) is 0 Å². The number of oxazole rings is 1. The molecule has 0 saturated carbocycles. The average molecular weight is 346 g/mol. The Kier molecular flexibility index (Phi) is 4.59. The van der Waals surface area contributed by atoms with Gasteiger partial charge in [0, 0.05) is 19.5 Å². The number of hydrogen-bond acceptors (Lipinski definition) is 5. The number of benzene rings is 1. The minimum absolute atomic E-state index is 0.0263. The van der Waals surface area contributed by atoms with E-state index in [-0.39, 0.29) is 24.7 Å². The van der Waals surface area contributed by atoms with Crippen molar-refractivity contribution >= 4 is 17.0 Å². The molecule has 1 aromatic carbocycles. The molecule has 1 unspecified atom stereocenters. The average Bonchev–Trinajstić information content (AvgIpc) is 3.27. The second kappa shape index (κ2) is 7.01. The number of piperidine rings is 1. The van der Waals surface area contributed by atoms with E-state index in [0.717, 1.165) is 24.8 Å². The topological polar surface area (TPSA) is 73.9 Å². The molecule has 1 amide bonds.